The Morgan fingerprint density at radius 2 is 2.04 bits per heavy atom. The molecule has 0 fully saturated rings. The van der Waals surface area contributed by atoms with Crippen LogP contribution in [0.5, 0.6) is 5.88 Å². The van der Waals surface area contributed by atoms with Gasteiger partial charge in [0.2, 0.25) is 5.88 Å². The minimum Gasteiger partial charge on any atom is -0.481 e. The SMILES string of the molecule is COc1ccc(N)c(C#CCNC(=O)OCc2ccccc2)n1. The zero-order valence-electron chi connectivity index (χ0n) is 12.7. The molecule has 0 spiro atoms. The van der Waals surface area contributed by atoms with Gasteiger partial charge >= 0.3 is 6.09 Å². The number of anilines is 1. The fourth-order valence-electron chi connectivity index (χ4n) is 1.68. The Morgan fingerprint density at radius 3 is 2.78 bits per heavy atom. The standard InChI is InChI=1S/C17H17N3O3/c1-22-16-10-9-14(18)15(20-16)8-5-11-19-17(21)23-12-13-6-3-2-4-7-13/h2-4,6-7,9-10H,11-12,18H2,1H3,(H,19,21). The zero-order chi connectivity index (χ0) is 16.5. The van der Waals surface area contributed by atoms with Gasteiger partial charge in [0.15, 0.2) is 0 Å². The number of rotatable bonds is 4. The van der Waals surface area contributed by atoms with Gasteiger partial charge in [0, 0.05) is 6.07 Å². The van der Waals surface area contributed by atoms with Gasteiger partial charge in [-0.15, -0.1) is 0 Å². The number of pyridine rings is 1. The maximum atomic E-state index is 11.5. The van der Waals surface area contributed by atoms with Gasteiger partial charge in [0.1, 0.15) is 12.3 Å². The van der Waals surface area contributed by atoms with Gasteiger partial charge in [-0.1, -0.05) is 36.3 Å². The quantitative estimate of drug-likeness (QED) is 0.843. The van der Waals surface area contributed by atoms with Crippen LogP contribution in [0.2, 0.25) is 0 Å². The highest BCUT2D eigenvalue weighted by Crippen LogP contribution is 2.13. The van der Waals surface area contributed by atoms with Crippen molar-refractivity contribution in [3.8, 4) is 17.7 Å². The molecule has 1 aromatic carbocycles. The summed E-state index contributed by atoms with van der Waals surface area (Å²) in [6, 6.07) is 12.7. The lowest BCUT2D eigenvalue weighted by Gasteiger charge is -2.04. The number of hydrogen-bond acceptors (Lipinski definition) is 5. The predicted molar refractivity (Wildman–Crippen MR) is 86.7 cm³/mol. The summed E-state index contributed by atoms with van der Waals surface area (Å²) in [7, 11) is 1.51. The molecule has 0 saturated heterocycles. The molecule has 6 heteroatoms. The molecule has 118 valence electrons. The number of nitrogens with two attached hydrogens (primary N) is 1. The normalized spacial score (nSPS) is 9.43. The molecule has 0 aliphatic rings. The molecule has 1 heterocycles. The molecule has 0 aliphatic carbocycles. The number of methoxy groups -OCH3 is 1. The van der Waals surface area contributed by atoms with Crippen LogP contribution in [0.25, 0.3) is 0 Å². The Labute approximate surface area is 134 Å². The maximum Gasteiger partial charge on any atom is 0.408 e. The molecule has 0 atom stereocenters. The summed E-state index contributed by atoms with van der Waals surface area (Å²) in [5.41, 5.74) is 7.54. The summed E-state index contributed by atoms with van der Waals surface area (Å²) in [4.78, 5) is 15.7. The molecule has 1 amide bonds. The topological polar surface area (TPSA) is 86.5 Å². The molecule has 2 rings (SSSR count). The molecule has 2 aromatic rings. The predicted octanol–water partition coefficient (Wildman–Crippen LogP) is 1.95. The minimum atomic E-state index is -0.533. The summed E-state index contributed by atoms with van der Waals surface area (Å²) >= 11 is 0. The summed E-state index contributed by atoms with van der Waals surface area (Å²) in [6.07, 6.45) is -0.533. The first-order valence-corrected chi connectivity index (χ1v) is 6.93. The Bertz CT molecular complexity index is 721. The van der Waals surface area contributed by atoms with Gasteiger partial charge < -0.3 is 20.5 Å². The smallest absolute Gasteiger partial charge is 0.408 e. The lowest BCUT2D eigenvalue weighted by Crippen LogP contribution is -2.24. The fraction of sp³-hybridized carbons (Fsp3) is 0.176. The van der Waals surface area contributed by atoms with E-state index < -0.39 is 6.09 Å². The number of amides is 1. The molecule has 1 aromatic heterocycles. The van der Waals surface area contributed by atoms with Crippen LogP contribution in [-0.2, 0) is 11.3 Å². The van der Waals surface area contributed by atoms with Gasteiger partial charge in [-0.2, -0.15) is 0 Å². The third kappa shape index (κ3) is 5.25. The maximum absolute atomic E-state index is 11.5. The van der Waals surface area contributed by atoms with Crippen LogP contribution >= 0.6 is 0 Å². The molecule has 0 radical (unpaired) electrons. The Balaban J connectivity index is 1.80. The monoisotopic (exact) mass is 311 g/mol. The highest BCUT2D eigenvalue weighted by Gasteiger charge is 2.01. The summed E-state index contributed by atoms with van der Waals surface area (Å²) in [6.45, 7) is 0.344. The minimum absolute atomic E-state index is 0.131. The number of nitrogens with one attached hydrogen (secondary N) is 1. The third-order valence-electron chi connectivity index (χ3n) is 2.85. The number of carbonyl (C=O) groups is 1. The number of benzene rings is 1. The molecular formula is C17H17N3O3. The van der Waals surface area contributed by atoms with Gasteiger partial charge in [-0.05, 0) is 17.6 Å². The average molecular weight is 311 g/mol. The van der Waals surface area contributed by atoms with Crippen molar-refractivity contribution in [3.05, 3.63) is 53.7 Å². The van der Waals surface area contributed by atoms with Crippen molar-refractivity contribution < 1.29 is 14.3 Å². The molecule has 0 saturated carbocycles. The average Bonchev–Trinajstić information content (AvgIpc) is 2.59. The van der Waals surface area contributed by atoms with Crippen LogP contribution in [0.4, 0.5) is 10.5 Å². The first kappa shape index (κ1) is 16.2. The second-order valence-corrected chi connectivity index (χ2v) is 4.51. The summed E-state index contributed by atoms with van der Waals surface area (Å²) < 4.78 is 10.1. The second kappa shape index (κ2) is 8.29. The Morgan fingerprint density at radius 1 is 1.26 bits per heavy atom. The highest BCUT2D eigenvalue weighted by atomic mass is 16.5. The van der Waals surface area contributed by atoms with Gasteiger partial charge in [0.25, 0.3) is 0 Å². The number of carbonyl (C=O) groups excluding carboxylic acids is 1. The molecule has 3 N–H and O–H groups in total. The molecule has 6 nitrogen and oxygen atoms in total. The van der Waals surface area contributed by atoms with E-state index >= 15 is 0 Å². The first-order valence-electron chi connectivity index (χ1n) is 6.93. The molecule has 0 aliphatic heterocycles. The van der Waals surface area contributed by atoms with Crippen molar-refractivity contribution in [1.82, 2.24) is 10.3 Å². The van der Waals surface area contributed by atoms with E-state index in [1.54, 1.807) is 12.1 Å². The van der Waals surface area contributed by atoms with Crippen molar-refractivity contribution in [2.75, 3.05) is 19.4 Å². The number of nitrogen functional groups attached to an aromatic ring is 1. The molecule has 0 bridgehead atoms. The lowest BCUT2D eigenvalue weighted by molar-refractivity contribution is 0.141. The third-order valence-corrected chi connectivity index (χ3v) is 2.85. The molecular weight excluding hydrogens is 294 g/mol. The van der Waals surface area contributed by atoms with E-state index in [2.05, 4.69) is 22.1 Å². The van der Waals surface area contributed by atoms with Crippen LogP contribution in [-0.4, -0.2) is 24.7 Å². The van der Waals surface area contributed by atoms with E-state index in [0.717, 1.165) is 5.56 Å². The van der Waals surface area contributed by atoms with Crippen LogP contribution < -0.4 is 15.8 Å². The van der Waals surface area contributed by atoms with E-state index in [-0.39, 0.29) is 13.2 Å². The second-order valence-electron chi connectivity index (χ2n) is 4.51. The van der Waals surface area contributed by atoms with Crippen LogP contribution in [0.1, 0.15) is 11.3 Å². The fourth-order valence-corrected chi connectivity index (χ4v) is 1.68. The van der Waals surface area contributed by atoms with Crippen molar-refractivity contribution in [1.29, 1.82) is 0 Å². The number of nitrogens with zero attached hydrogens (tertiary/aromatic N) is 1. The van der Waals surface area contributed by atoms with Gasteiger partial charge in [0.05, 0.1) is 19.3 Å². The summed E-state index contributed by atoms with van der Waals surface area (Å²) in [5, 5.41) is 2.54. The van der Waals surface area contributed by atoms with Gasteiger partial charge in [-0.25, -0.2) is 9.78 Å². The molecule has 23 heavy (non-hydrogen) atoms. The van der Waals surface area contributed by atoms with Crippen molar-refractivity contribution in [2.45, 2.75) is 6.61 Å². The summed E-state index contributed by atoms with van der Waals surface area (Å²) in [5.74, 6) is 5.97. The van der Waals surface area contributed by atoms with Crippen LogP contribution in [0, 0.1) is 11.8 Å². The number of alkyl carbamates (subject to hydrolysis) is 1. The Kier molecular flexibility index (Phi) is 5.83. The zero-order valence-corrected chi connectivity index (χ0v) is 12.7. The van der Waals surface area contributed by atoms with Crippen molar-refractivity contribution in [3.63, 3.8) is 0 Å². The van der Waals surface area contributed by atoms with Gasteiger partial charge in [-0.3, -0.25) is 0 Å². The van der Waals surface area contributed by atoms with E-state index in [0.29, 0.717) is 17.3 Å². The highest BCUT2D eigenvalue weighted by molar-refractivity contribution is 5.67. The van der Waals surface area contributed by atoms with E-state index in [9.17, 15) is 4.79 Å². The largest absolute Gasteiger partial charge is 0.481 e. The lowest BCUT2D eigenvalue weighted by atomic mass is 10.2. The van der Waals surface area contributed by atoms with E-state index in [4.69, 9.17) is 15.2 Å². The van der Waals surface area contributed by atoms with E-state index in [1.807, 2.05) is 30.3 Å². The Hall–Kier alpha value is -3.20. The van der Waals surface area contributed by atoms with E-state index in [1.165, 1.54) is 7.11 Å². The number of aromatic nitrogens is 1. The van der Waals surface area contributed by atoms with Crippen LogP contribution in [0.3, 0.4) is 0 Å². The number of hydrogen-bond donors (Lipinski definition) is 2. The molecule has 0 unspecified atom stereocenters. The van der Waals surface area contributed by atoms with Crippen LogP contribution in [0.15, 0.2) is 42.5 Å². The van der Waals surface area contributed by atoms with Crippen molar-refractivity contribution >= 4 is 11.8 Å². The first-order chi connectivity index (χ1) is 11.2. The van der Waals surface area contributed by atoms with Crippen molar-refractivity contribution in [2.24, 2.45) is 0 Å². The number of ether oxygens (including phenoxy) is 2.